The van der Waals surface area contributed by atoms with E-state index in [-0.39, 0.29) is 0 Å². The summed E-state index contributed by atoms with van der Waals surface area (Å²) in [4.78, 5) is 4.24. The Morgan fingerprint density at radius 3 is 2.79 bits per heavy atom. The van der Waals surface area contributed by atoms with Crippen LogP contribution in [-0.4, -0.2) is 27.9 Å². The van der Waals surface area contributed by atoms with Gasteiger partial charge in [0.05, 0.1) is 0 Å². The van der Waals surface area contributed by atoms with E-state index in [1.54, 1.807) is 6.33 Å². The molecule has 0 saturated carbocycles. The third-order valence-corrected chi connectivity index (χ3v) is 2.54. The molecule has 0 saturated heterocycles. The normalized spacial score (nSPS) is 13.1. The fourth-order valence-corrected chi connectivity index (χ4v) is 1.47. The van der Waals surface area contributed by atoms with Gasteiger partial charge in [0.2, 0.25) is 0 Å². The molecule has 14 heavy (non-hydrogen) atoms. The summed E-state index contributed by atoms with van der Waals surface area (Å²) in [6.45, 7) is 6.46. The molecule has 4 nitrogen and oxygen atoms in total. The second-order valence-corrected chi connectivity index (χ2v) is 3.59. The van der Waals surface area contributed by atoms with Gasteiger partial charge in [0.1, 0.15) is 12.2 Å². The molecule has 1 aromatic heterocycles. The molecule has 0 aliphatic heterocycles. The molecule has 1 heterocycles. The van der Waals surface area contributed by atoms with Crippen LogP contribution in [0.15, 0.2) is 6.33 Å². The van der Waals surface area contributed by atoms with Gasteiger partial charge in [-0.05, 0) is 19.0 Å². The highest BCUT2D eigenvalue weighted by molar-refractivity contribution is 4.86. The lowest BCUT2D eigenvalue weighted by Crippen LogP contribution is -2.24. The van der Waals surface area contributed by atoms with Gasteiger partial charge in [0.25, 0.3) is 0 Å². The monoisotopic (exact) mass is 196 g/mol. The van der Waals surface area contributed by atoms with E-state index in [1.165, 1.54) is 6.42 Å². The van der Waals surface area contributed by atoms with Gasteiger partial charge in [-0.3, -0.25) is 4.68 Å². The van der Waals surface area contributed by atoms with Crippen molar-refractivity contribution in [3.63, 3.8) is 0 Å². The van der Waals surface area contributed by atoms with Gasteiger partial charge >= 0.3 is 0 Å². The maximum atomic E-state index is 4.24. The number of aromatic nitrogens is 3. The fourth-order valence-electron chi connectivity index (χ4n) is 1.47. The first-order valence-corrected chi connectivity index (χ1v) is 5.31. The topological polar surface area (TPSA) is 42.7 Å². The SMILES string of the molecule is CCNCC(CC)Cc1ncnn1C. The van der Waals surface area contributed by atoms with Crippen LogP contribution in [0.1, 0.15) is 26.1 Å². The summed E-state index contributed by atoms with van der Waals surface area (Å²) in [6, 6.07) is 0. The van der Waals surface area contributed by atoms with Crippen LogP contribution in [0.3, 0.4) is 0 Å². The summed E-state index contributed by atoms with van der Waals surface area (Å²) < 4.78 is 1.86. The maximum Gasteiger partial charge on any atom is 0.138 e. The van der Waals surface area contributed by atoms with E-state index in [4.69, 9.17) is 0 Å². The summed E-state index contributed by atoms with van der Waals surface area (Å²) >= 11 is 0. The average molecular weight is 196 g/mol. The number of nitrogens with zero attached hydrogens (tertiary/aromatic N) is 3. The van der Waals surface area contributed by atoms with E-state index < -0.39 is 0 Å². The van der Waals surface area contributed by atoms with Crippen LogP contribution in [0.25, 0.3) is 0 Å². The van der Waals surface area contributed by atoms with E-state index in [9.17, 15) is 0 Å². The molecule has 4 heteroatoms. The third-order valence-electron chi connectivity index (χ3n) is 2.54. The van der Waals surface area contributed by atoms with Crippen LogP contribution < -0.4 is 5.32 Å². The van der Waals surface area contributed by atoms with E-state index in [0.29, 0.717) is 5.92 Å². The summed E-state index contributed by atoms with van der Waals surface area (Å²) in [5.74, 6) is 1.74. The highest BCUT2D eigenvalue weighted by Crippen LogP contribution is 2.08. The molecular formula is C10H20N4. The molecule has 1 aromatic rings. The van der Waals surface area contributed by atoms with Crippen molar-refractivity contribution in [2.45, 2.75) is 26.7 Å². The standard InChI is InChI=1S/C10H20N4/c1-4-9(7-11-5-2)6-10-12-8-13-14(10)3/h8-9,11H,4-7H2,1-3H3. The predicted molar refractivity (Wildman–Crippen MR) is 57.0 cm³/mol. The molecule has 1 unspecified atom stereocenters. The van der Waals surface area contributed by atoms with Crippen LogP contribution in [0.4, 0.5) is 0 Å². The van der Waals surface area contributed by atoms with Crippen molar-refractivity contribution in [3.8, 4) is 0 Å². The molecule has 0 aromatic carbocycles. The lowest BCUT2D eigenvalue weighted by atomic mass is 10.0. The molecular weight excluding hydrogens is 176 g/mol. The zero-order chi connectivity index (χ0) is 10.4. The van der Waals surface area contributed by atoms with Gasteiger partial charge in [-0.15, -0.1) is 0 Å². The molecule has 80 valence electrons. The largest absolute Gasteiger partial charge is 0.317 e. The van der Waals surface area contributed by atoms with Gasteiger partial charge < -0.3 is 5.32 Å². The molecule has 0 bridgehead atoms. The summed E-state index contributed by atoms with van der Waals surface area (Å²) in [7, 11) is 1.95. The van der Waals surface area contributed by atoms with Crippen molar-refractivity contribution >= 4 is 0 Å². The first-order valence-electron chi connectivity index (χ1n) is 5.31. The Morgan fingerprint density at radius 2 is 2.29 bits per heavy atom. The first-order chi connectivity index (χ1) is 6.77. The lowest BCUT2D eigenvalue weighted by Gasteiger charge is -2.14. The Hall–Kier alpha value is -0.900. The van der Waals surface area contributed by atoms with Crippen molar-refractivity contribution in [3.05, 3.63) is 12.2 Å². The maximum absolute atomic E-state index is 4.24. The summed E-state index contributed by atoms with van der Waals surface area (Å²) in [6.07, 6.45) is 3.81. The predicted octanol–water partition coefficient (Wildman–Crippen LogP) is 0.993. The van der Waals surface area contributed by atoms with Crippen LogP contribution in [0.2, 0.25) is 0 Å². The van der Waals surface area contributed by atoms with Crippen LogP contribution in [0.5, 0.6) is 0 Å². The minimum Gasteiger partial charge on any atom is -0.317 e. The molecule has 1 rings (SSSR count). The van der Waals surface area contributed by atoms with E-state index in [2.05, 4.69) is 29.2 Å². The van der Waals surface area contributed by atoms with Crippen LogP contribution >= 0.6 is 0 Å². The second kappa shape index (κ2) is 5.75. The quantitative estimate of drug-likeness (QED) is 0.738. The highest BCUT2D eigenvalue weighted by atomic mass is 15.3. The number of rotatable bonds is 6. The Morgan fingerprint density at radius 1 is 1.50 bits per heavy atom. The zero-order valence-corrected chi connectivity index (χ0v) is 9.32. The van der Waals surface area contributed by atoms with E-state index in [0.717, 1.165) is 25.3 Å². The fraction of sp³-hybridized carbons (Fsp3) is 0.800. The van der Waals surface area contributed by atoms with E-state index >= 15 is 0 Å². The summed E-state index contributed by atoms with van der Waals surface area (Å²) in [5.41, 5.74) is 0. The van der Waals surface area contributed by atoms with Gasteiger partial charge in [0, 0.05) is 13.5 Å². The highest BCUT2D eigenvalue weighted by Gasteiger charge is 2.10. The molecule has 0 fully saturated rings. The molecule has 0 radical (unpaired) electrons. The Bertz CT molecular complexity index is 256. The van der Waals surface area contributed by atoms with Gasteiger partial charge in [0.15, 0.2) is 0 Å². The van der Waals surface area contributed by atoms with Gasteiger partial charge in [-0.2, -0.15) is 5.10 Å². The second-order valence-electron chi connectivity index (χ2n) is 3.59. The minimum absolute atomic E-state index is 0.665. The Balaban J connectivity index is 2.44. The molecule has 0 amide bonds. The van der Waals surface area contributed by atoms with Crippen molar-refractivity contribution in [2.24, 2.45) is 13.0 Å². The number of aryl methyl sites for hydroxylation is 1. The molecule has 0 aliphatic rings. The van der Waals surface area contributed by atoms with E-state index in [1.807, 2.05) is 11.7 Å². The van der Waals surface area contributed by atoms with Gasteiger partial charge in [-0.1, -0.05) is 20.3 Å². The lowest BCUT2D eigenvalue weighted by molar-refractivity contribution is 0.449. The zero-order valence-electron chi connectivity index (χ0n) is 9.32. The van der Waals surface area contributed by atoms with Crippen molar-refractivity contribution < 1.29 is 0 Å². The Labute approximate surface area is 85.7 Å². The van der Waals surface area contributed by atoms with Crippen LogP contribution in [-0.2, 0) is 13.5 Å². The molecule has 1 atom stereocenters. The molecule has 0 spiro atoms. The first kappa shape index (κ1) is 11.2. The Kier molecular flexibility index (Phi) is 4.59. The summed E-state index contributed by atoms with van der Waals surface area (Å²) in [5, 5.41) is 7.44. The van der Waals surface area contributed by atoms with Gasteiger partial charge in [-0.25, -0.2) is 4.98 Å². The third kappa shape index (κ3) is 3.10. The van der Waals surface area contributed by atoms with Crippen molar-refractivity contribution in [1.29, 1.82) is 0 Å². The number of hydrogen-bond acceptors (Lipinski definition) is 3. The number of hydrogen-bond donors (Lipinski definition) is 1. The van der Waals surface area contributed by atoms with Crippen molar-refractivity contribution in [1.82, 2.24) is 20.1 Å². The van der Waals surface area contributed by atoms with Crippen molar-refractivity contribution in [2.75, 3.05) is 13.1 Å². The molecule has 0 aliphatic carbocycles. The molecule has 1 N–H and O–H groups in total. The number of nitrogens with one attached hydrogen (secondary N) is 1. The van der Waals surface area contributed by atoms with Crippen LogP contribution in [0, 0.1) is 5.92 Å². The smallest absolute Gasteiger partial charge is 0.138 e. The minimum atomic E-state index is 0.665. The average Bonchev–Trinajstić information content (AvgIpc) is 2.59.